The second-order valence-electron chi connectivity index (χ2n) is 12.7. The van der Waals surface area contributed by atoms with Gasteiger partial charge in [-0.3, -0.25) is 9.36 Å². The summed E-state index contributed by atoms with van der Waals surface area (Å²) in [6.45, 7) is 14.1. The molecule has 0 spiro atoms. The summed E-state index contributed by atoms with van der Waals surface area (Å²) in [5, 5.41) is 14.2. The molecular weight excluding hydrogens is 628 g/mol. The Hall–Kier alpha value is -4.58. The molecular formula is C34H36ClF2N7O3. The van der Waals surface area contributed by atoms with E-state index in [1.807, 2.05) is 39.5 Å². The third-order valence-corrected chi connectivity index (χ3v) is 9.36. The molecule has 10 nitrogen and oxygen atoms in total. The van der Waals surface area contributed by atoms with Crippen LogP contribution < -0.4 is 15.9 Å². The monoisotopic (exact) mass is 663 g/mol. The van der Waals surface area contributed by atoms with E-state index in [4.69, 9.17) is 11.6 Å². The van der Waals surface area contributed by atoms with Crippen LogP contribution >= 0.6 is 11.6 Å². The third kappa shape index (κ3) is 5.18. The minimum absolute atomic E-state index is 0.173. The fraction of sp³-hybridized carbons (Fsp3) is 0.382. The fourth-order valence-corrected chi connectivity index (χ4v) is 7.11. The lowest BCUT2D eigenvalue weighted by atomic mass is 9.96. The van der Waals surface area contributed by atoms with Gasteiger partial charge in [-0.2, -0.15) is 4.98 Å². The normalized spacial score (nSPS) is 17.8. The summed E-state index contributed by atoms with van der Waals surface area (Å²) in [5.41, 5.74) is -0.322. The van der Waals surface area contributed by atoms with E-state index in [0.29, 0.717) is 37.4 Å². The maximum Gasteiger partial charge on any atom is 0.354 e. The number of hydrogen-bond acceptors (Lipinski definition) is 8. The second kappa shape index (κ2) is 12.2. The molecule has 47 heavy (non-hydrogen) atoms. The van der Waals surface area contributed by atoms with Crippen molar-refractivity contribution in [2.24, 2.45) is 0 Å². The Morgan fingerprint density at radius 1 is 1.13 bits per heavy atom. The summed E-state index contributed by atoms with van der Waals surface area (Å²) in [6, 6.07) is 3.08. The highest BCUT2D eigenvalue weighted by Gasteiger charge is 2.39. The lowest BCUT2D eigenvalue weighted by Gasteiger charge is -2.47. The molecule has 2 aromatic heterocycles. The van der Waals surface area contributed by atoms with Gasteiger partial charge in [0.15, 0.2) is 5.82 Å². The Balaban J connectivity index is 1.80. The van der Waals surface area contributed by atoms with Crippen molar-refractivity contribution in [2.45, 2.75) is 65.0 Å². The molecule has 1 fully saturated rings. The van der Waals surface area contributed by atoms with E-state index in [-0.39, 0.29) is 62.9 Å². The van der Waals surface area contributed by atoms with Crippen molar-refractivity contribution in [1.82, 2.24) is 24.4 Å². The number of halogens is 3. The van der Waals surface area contributed by atoms with Gasteiger partial charge in [-0.15, -0.1) is 0 Å². The molecule has 1 saturated heterocycles. The van der Waals surface area contributed by atoms with Crippen LogP contribution in [-0.2, 0) is 4.79 Å². The largest absolute Gasteiger partial charge is 0.507 e. The van der Waals surface area contributed by atoms with Gasteiger partial charge in [-0.05, 0) is 43.4 Å². The first-order chi connectivity index (χ1) is 22.4. The number of carbonyl (C=O) groups is 1. The lowest BCUT2D eigenvalue weighted by molar-refractivity contribution is -0.128. The van der Waals surface area contributed by atoms with Crippen molar-refractivity contribution in [3.63, 3.8) is 0 Å². The zero-order valence-electron chi connectivity index (χ0n) is 26.8. The summed E-state index contributed by atoms with van der Waals surface area (Å²) < 4.78 is 34.2. The van der Waals surface area contributed by atoms with Gasteiger partial charge in [0.05, 0.1) is 38.7 Å². The minimum atomic E-state index is -1.02. The molecule has 13 heteroatoms. The van der Waals surface area contributed by atoms with Gasteiger partial charge in [-0.1, -0.05) is 51.9 Å². The number of anilines is 2. The van der Waals surface area contributed by atoms with Gasteiger partial charge >= 0.3 is 5.69 Å². The average Bonchev–Trinajstić information content (AvgIpc) is 3.02. The number of hydrogen-bond donors (Lipinski definition) is 2. The highest BCUT2D eigenvalue weighted by atomic mass is 35.5. The van der Waals surface area contributed by atoms with Gasteiger partial charge in [-0.25, -0.2) is 23.5 Å². The van der Waals surface area contributed by atoms with Crippen molar-refractivity contribution >= 4 is 39.9 Å². The Labute approximate surface area is 275 Å². The number of rotatable bonds is 5. The van der Waals surface area contributed by atoms with Crippen LogP contribution in [0.4, 0.5) is 20.3 Å². The number of carbonyl (C=O) groups excluding carboxylic acids is 1. The summed E-state index contributed by atoms with van der Waals surface area (Å²) in [7, 11) is 0. The highest BCUT2D eigenvalue weighted by Crippen LogP contribution is 2.49. The molecule has 2 atom stereocenters. The Morgan fingerprint density at radius 2 is 1.81 bits per heavy atom. The number of aromatic hydroxyl groups is 1. The predicted molar refractivity (Wildman–Crippen MR) is 179 cm³/mol. The van der Waals surface area contributed by atoms with Crippen LogP contribution in [0.5, 0.6) is 5.75 Å². The number of amides is 1. The number of piperazine rings is 1. The Bertz CT molecular complexity index is 1950. The molecule has 246 valence electrons. The SMILES string of the molecule is C=CC(=O)N1CC2CCNc3c(Cl)c(-c4c(O)cccc4F)c(F)c4c3c(nc(=O)n4-c3c(C(C)C)ncnc3C(C)C)N2CC1C. The van der Waals surface area contributed by atoms with Crippen molar-refractivity contribution in [2.75, 3.05) is 29.9 Å². The molecule has 2 aliphatic heterocycles. The maximum atomic E-state index is 17.5. The topological polar surface area (TPSA) is 116 Å². The Kier molecular flexibility index (Phi) is 8.41. The molecule has 0 aliphatic carbocycles. The van der Waals surface area contributed by atoms with Crippen molar-refractivity contribution in [3.8, 4) is 22.6 Å². The highest BCUT2D eigenvalue weighted by molar-refractivity contribution is 6.38. The summed E-state index contributed by atoms with van der Waals surface area (Å²) in [4.78, 5) is 44.4. The van der Waals surface area contributed by atoms with Crippen molar-refractivity contribution < 1.29 is 18.7 Å². The molecule has 0 radical (unpaired) electrons. The first-order valence-corrected chi connectivity index (χ1v) is 16.0. The zero-order chi connectivity index (χ0) is 33.9. The van der Waals surface area contributed by atoms with Crippen LogP contribution in [0.25, 0.3) is 27.7 Å². The maximum absolute atomic E-state index is 17.5. The molecule has 1 amide bonds. The number of benzene rings is 2. The van der Waals surface area contributed by atoms with Crippen molar-refractivity contribution in [3.05, 3.63) is 75.7 Å². The molecule has 2 aromatic carbocycles. The number of phenols is 1. The van der Waals surface area contributed by atoms with E-state index in [1.54, 1.807) is 4.90 Å². The fourth-order valence-electron chi connectivity index (χ4n) is 6.77. The van der Waals surface area contributed by atoms with E-state index >= 15 is 8.78 Å². The number of nitrogens with zero attached hydrogens (tertiary/aromatic N) is 6. The minimum Gasteiger partial charge on any atom is -0.507 e. The standard InChI is InChI=1S/C34H36ClF2N7O3/c1-7-22(46)42-14-19-11-12-38-30-25-31(27(37)24(26(30)35)23-20(36)9-8-10-21(23)45)44(34(47)41-33(25)43(19)13-18(42)6)32-28(16(2)3)39-15-40-29(32)17(4)5/h7-10,15-19,38,45H,1,11-14H2,2-6H3. The molecule has 2 N–H and O–H groups in total. The van der Waals surface area contributed by atoms with Crippen LogP contribution in [0.2, 0.25) is 5.02 Å². The average molecular weight is 664 g/mol. The van der Waals surface area contributed by atoms with Gasteiger partial charge in [0.1, 0.15) is 29.2 Å². The summed E-state index contributed by atoms with van der Waals surface area (Å²) >= 11 is 6.99. The first kappa shape index (κ1) is 32.4. The molecule has 2 unspecified atom stereocenters. The van der Waals surface area contributed by atoms with Crippen LogP contribution in [0.15, 0.2) is 42.0 Å². The summed E-state index contributed by atoms with van der Waals surface area (Å²) in [5.74, 6) is -2.85. The second-order valence-corrected chi connectivity index (χ2v) is 13.0. The smallest absolute Gasteiger partial charge is 0.354 e. The van der Waals surface area contributed by atoms with Gasteiger partial charge < -0.3 is 20.2 Å². The predicted octanol–water partition coefficient (Wildman–Crippen LogP) is 6.13. The number of nitrogens with one attached hydrogen (secondary N) is 1. The van der Waals surface area contributed by atoms with E-state index in [9.17, 15) is 14.7 Å². The molecule has 4 heterocycles. The Morgan fingerprint density at radius 3 is 2.43 bits per heavy atom. The third-order valence-electron chi connectivity index (χ3n) is 8.98. The quantitative estimate of drug-likeness (QED) is 0.245. The van der Waals surface area contributed by atoms with Crippen LogP contribution in [-0.4, -0.2) is 67.2 Å². The van der Waals surface area contributed by atoms with Gasteiger partial charge in [0.2, 0.25) is 5.91 Å². The number of phenolic OH excluding ortho intramolecular Hbond substituents is 1. The van der Waals surface area contributed by atoms with E-state index in [0.717, 1.165) is 6.07 Å². The van der Waals surface area contributed by atoms with Crippen LogP contribution in [0.3, 0.4) is 0 Å². The van der Waals surface area contributed by atoms with Gasteiger partial charge in [0.25, 0.3) is 0 Å². The van der Waals surface area contributed by atoms with E-state index in [2.05, 4.69) is 26.8 Å². The van der Waals surface area contributed by atoms with Gasteiger partial charge in [0, 0.05) is 37.3 Å². The zero-order valence-corrected chi connectivity index (χ0v) is 27.6. The lowest BCUT2D eigenvalue weighted by Crippen LogP contribution is -2.60. The van der Waals surface area contributed by atoms with Crippen LogP contribution in [0.1, 0.15) is 64.3 Å². The van der Waals surface area contributed by atoms with Crippen molar-refractivity contribution in [1.29, 1.82) is 0 Å². The molecule has 4 aromatic rings. The van der Waals surface area contributed by atoms with E-state index in [1.165, 1.54) is 29.1 Å². The number of aromatic nitrogens is 4. The van der Waals surface area contributed by atoms with Crippen LogP contribution in [0, 0.1) is 11.6 Å². The summed E-state index contributed by atoms with van der Waals surface area (Å²) in [6.07, 6.45) is 3.20. The molecule has 6 rings (SSSR count). The first-order valence-electron chi connectivity index (χ1n) is 15.6. The molecule has 0 bridgehead atoms. The molecule has 0 saturated carbocycles. The van der Waals surface area contributed by atoms with E-state index < -0.39 is 34.2 Å². The number of fused-ring (bicyclic) bond motifs is 2. The molecule has 2 aliphatic rings.